The average Bonchev–Trinajstić information content (AvgIpc) is 3.11. The Balaban J connectivity index is 1.42. The van der Waals surface area contributed by atoms with E-state index >= 15 is 0 Å². The summed E-state index contributed by atoms with van der Waals surface area (Å²) in [5, 5.41) is 12.1. The Bertz CT molecular complexity index is 1030. The average molecular weight is 451 g/mol. The third-order valence-corrected chi connectivity index (χ3v) is 7.00. The summed E-state index contributed by atoms with van der Waals surface area (Å²) in [5.74, 6) is -1.37. The van der Waals surface area contributed by atoms with E-state index in [1.807, 2.05) is 38.1 Å². The van der Waals surface area contributed by atoms with Gasteiger partial charge in [-0.05, 0) is 35.1 Å². The molecule has 7 heteroatoms. The highest BCUT2D eigenvalue weighted by molar-refractivity contribution is 5.89. The molecule has 2 aromatic carbocycles. The lowest BCUT2D eigenvalue weighted by molar-refractivity contribution is -0.165. The van der Waals surface area contributed by atoms with Crippen molar-refractivity contribution in [1.82, 2.24) is 10.2 Å². The fraction of sp³-hybridized carbons (Fsp3) is 0.423. The highest BCUT2D eigenvalue weighted by atomic mass is 16.5. The van der Waals surface area contributed by atoms with Gasteiger partial charge >= 0.3 is 12.1 Å². The Hall–Kier alpha value is -3.35. The molecule has 1 saturated heterocycles. The maximum atomic E-state index is 13.0. The number of carbonyl (C=O) groups is 3. The van der Waals surface area contributed by atoms with Crippen molar-refractivity contribution in [3.8, 4) is 11.1 Å². The second-order valence-electron chi connectivity index (χ2n) is 9.39. The predicted molar refractivity (Wildman–Crippen MR) is 124 cm³/mol. The molecular weight excluding hydrogens is 420 g/mol. The van der Waals surface area contributed by atoms with Crippen LogP contribution >= 0.6 is 0 Å². The molecule has 0 unspecified atom stereocenters. The Morgan fingerprint density at radius 3 is 2.15 bits per heavy atom. The van der Waals surface area contributed by atoms with E-state index < -0.39 is 23.5 Å². The minimum absolute atomic E-state index is 0.0624. The normalized spacial score (nSPS) is 17.8. The molecule has 2 amide bonds. The first kappa shape index (κ1) is 22.8. The van der Waals surface area contributed by atoms with Crippen molar-refractivity contribution in [2.24, 2.45) is 11.3 Å². The number of carbonyl (C=O) groups excluding carboxylic acids is 2. The lowest BCUT2D eigenvalue weighted by atomic mass is 9.81. The van der Waals surface area contributed by atoms with Crippen LogP contribution in [0.4, 0.5) is 4.79 Å². The molecule has 2 N–H and O–H groups in total. The van der Waals surface area contributed by atoms with Gasteiger partial charge < -0.3 is 20.1 Å². The van der Waals surface area contributed by atoms with Gasteiger partial charge in [-0.3, -0.25) is 9.59 Å². The molecule has 1 aliphatic heterocycles. The molecule has 2 aliphatic rings. The second-order valence-corrected chi connectivity index (χ2v) is 9.39. The van der Waals surface area contributed by atoms with Gasteiger partial charge in [-0.15, -0.1) is 0 Å². The van der Waals surface area contributed by atoms with Crippen molar-refractivity contribution in [1.29, 1.82) is 0 Å². The number of hydrogen-bond acceptors (Lipinski definition) is 4. The van der Waals surface area contributed by atoms with Gasteiger partial charge in [0, 0.05) is 19.0 Å². The molecule has 174 valence electrons. The van der Waals surface area contributed by atoms with Gasteiger partial charge in [0.05, 0.1) is 5.41 Å². The van der Waals surface area contributed by atoms with Crippen LogP contribution in [0, 0.1) is 11.3 Å². The number of ether oxygens (including phenoxy) is 1. The summed E-state index contributed by atoms with van der Waals surface area (Å²) in [7, 11) is 0. The molecule has 2 aromatic rings. The largest absolute Gasteiger partial charge is 0.481 e. The van der Waals surface area contributed by atoms with Crippen molar-refractivity contribution >= 4 is 18.0 Å². The van der Waals surface area contributed by atoms with Crippen LogP contribution in [0.2, 0.25) is 0 Å². The van der Waals surface area contributed by atoms with Crippen molar-refractivity contribution < 1.29 is 24.2 Å². The van der Waals surface area contributed by atoms with Crippen LogP contribution in [-0.2, 0) is 14.3 Å². The summed E-state index contributed by atoms with van der Waals surface area (Å²) in [6.45, 7) is 5.91. The van der Waals surface area contributed by atoms with Crippen molar-refractivity contribution in [2.75, 3.05) is 19.7 Å². The van der Waals surface area contributed by atoms with E-state index in [0.29, 0.717) is 6.42 Å². The SMILES string of the molecule is CC[C@H](C)[C@H](NC(=O)OCC1c2ccccc2-c2ccccc21)C(=O)N1CC(C)(C(=O)O)C1. The zero-order valence-corrected chi connectivity index (χ0v) is 19.2. The van der Waals surface area contributed by atoms with Crippen molar-refractivity contribution in [2.45, 2.75) is 39.2 Å². The van der Waals surface area contributed by atoms with E-state index in [-0.39, 0.29) is 37.4 Å². The fourth-order valence-corrected chi connectivity index (χ4v) is 4.73. The van der Waals surface area contributed by atoms with Crippen LogP contribution in [-0.4, -0.2) is 53.7 Å². The van der Waals surface area contributed by atoms with E-state index in [1.54, 1.807) is 6.92 Å². The zero-order chi connectivity index (χ0) is 23.8. The van der Waals surface area contributed by atoms with Crippen LogP contribution in [0.25, 0.3) is 11.1 Å². The molecule has 1 aliphatic carbocycles. The predicted octanol–water partition coefficient (Wildman–Crippen LogP) is 3.87. The first-order chi connectivity index (χ1) is 15.7. The number of fused-ring (bicyclic) bond motifs is 3. The Labute approximate surface area is 193 Å². The molecular formula is C26H30N2O5. The highest BCUT2D eigenvalue weighted by Gasteiger charge is 2.49. The number of rotatable bonds is 7. The van der Waals surface area contributed by atoms with Gasteiger partial charge in [0.15, 0.2) is 0 Å². The standard InChI is InChI=1S/C26H30N2O5/c1-4-16(2)22(23(29)28-14-26(3,15-28)24(30)31)27-25(32)33-13-21-19-11-7-5-9-17(19)18-10-6-8-12-20(18)21/h5-12,16,21-22H,4,13-15H2,1-3H3,(H,27,32)(H,30,31)/t16-,22-/m0/s1. The molecule has 4 rings (SSSR count). The Morgan fingerprint density at radius 1 is 1.09 bits per heavy atom. The van der Waals surface area contributed by atoms with E-state index in [9.17, 15) is 19.5 Å². The summed E-state index contributed by atoms with van der Waals surface area (Å²) in [6, 6.07) is 15.4. The fourth-order valence-electron chi connectivity index (χ4n) is 4.73. The molecule has 33 heavy (non-hydrogen) atoms. The number of amides is 2. The van der Waals surface area contributed by atoms with Crippen LogP contribution in [0.15, 0.2) is 48.5 Å². The number of likely N-dealkylation sites (tertiary alicyclic amines) is 1. The molecule has 2 atom stereocenters. The number of hydrogen-bond donors (Lipinski definition) is 2. The van der Waals surface area contributed by atoms with Gasteiger partial charge in [-0.2, -0.15) is 0 Å². The number of carboxylic acid groups (broad SMARTS) is 1. The van der Waals surface area contributed by atoms with E-state index in [4.69, 9.17) is 4.74 Å². The van der Waals surface area contributed by atoms with Crippen molar-refractivity contribution in [3.63, 3.8) is 0 Å². The third-order valence-electron chi connectivity index (χ3n) is 7.00. The smallest absolute Gasteiger partial charge is 0.407 e. The van der Waals surface area contributed by atoms with Gasteiger partial charge in [0.1, 0.15) is 12.6 Å². The van der Waals surface area contributed by atoms with Crippen LogP contribution in [0.3, 0.4) is 0 Å². The maximum Gasteiger partial charge on any atom is 0.407 e. The minimum atomic E-state index is -0.931. The molecule has 1 fully saturated rings. The van der Waals surface area contributed by atoms with Crippen LogP contribution in [0.1, 0.15) is 44.2 Å². The summed E-state index contributed by atoms with van der Waals surface area (Å²) in [5.41, 5.74) is 3.60. The molecule has 7 nitrogen and oxygen atoms in total. The lowest BCUT2D eigenvalue weighted by Crippen LogP contribution is -2.64. The number of alkyl carbamates (subject to hydrolysis) is 1. The van der Waals surface area contributed by atoms with Gasteiger partial charge in [0.25, 0.3) is 0 Å². The topological polar surface area (TPSA) is 95.9 Å². The van der Waals surface area contributed by atoms with Crippen LogP contribution in [0.5, 0.6) is 0 Å². The van der Waals surface area contributed by atoms with E-state index in [0.717, 1.165) is 22.3 Å². The van der Waals surface area contributed by atoms with Gasteiger partial charge in [-0.1, -0.05) is 68.8 Å². The molecule has 0 radical (unpaired) electrons. The Kier molecular flexibility index (Phi) is 6.15. The number of aliphatic carboxylic acids is 1. The van der Waals surface area contributed by atoms with Crippen LogP contribution < -0.4 is 5.32 Å². The highest BCUT2D eigenvalue weighted by Crippen LogP contribution is 2.44. The summed E-state index contributed by atoms with van der Waals surface area (Å²) in [6.07, 6.45) is 0.0430. The molecule has 0 aromatic heterocycles. The Morgan fingerprint density at radius 2 is 1.64 bits per heavy atom. The molecule has 0 saturated carbocycles. The first-order valence-electron chi connectivity index (χ1n) is 11.4. The van der Waals surface area contributed by atoms with Gasteiger partial charge in [-0.25, -0.2) is 4.79 Å². The zero-order valence-electron chi connectivity index (χ0n) is 19.2. The summed E-state index contributed by atoms with van der Waals surface area (Å²) in [4.78, 5) is 38.6. The summed E-state index contributed by atoms with van der Waals surface area (Å²) < 4.78 is 5.61. The molecule has 1 heterocycles. The third kappa shape index (κ3) is 4.19. The molecule has 0 spiro atoms. The quantitative estimate of drug-likeness (QED) is 0.668. The minimum Gasteiger partial charge on any atom is -0.481 e. The monoisotopic (exact) mass is 450 g/mol. The number of benzene rings is 2. The van der Waals surface area contributed by atoms with E-state index in [2.05, 4.69) is 29.6 Å². The maximum absolute atomic E-state index is 13.0. The second kappa shape index (κ2) is 8.89. The molecule has 0 bridgehead atoms. The number of nitrogens with one attached hydrogen (secondary N) is 1. The van der Waals surface area contributed by atoms with Gasteiger partial charge in [0.2, 0.25) is 5.91 Å². The summed E-state index contributed by atoms with van der Waals surface area (Å²) >= 11 is 0. The lowest BCUT2D eigenvalue weighted by Gasteiger charge is -2.46. The first-order valence-corrected chi connectivity index (χ1v) is 11.4. The number of nitrogens with zero attached hydrogens (tertiary/aromatic N) is 1. The number of carboxylic acids is 1. The van der Waals surface area contributed by atoms with E-state index in [1.165, 1.54) is 4.90 Å². The van der Waals surface area contributed by atoms with Crippen molar-refractivity contribution in [3.05, 3.63) is 59.7 Å².